The van der Waals surface area contributed by atoms with Crippen molar-refractivity contribution >= 4 is 45.1 Å². The van der Waals surface area contributed by atoms with E-state index < -0.39 is 50.5 Å². The highest BCUT2D eigenvalue weighted by atomic mass is 32.2. The Morgan fingerprint density at radius 1 is 1.22 bits per heavy atom. The molecule has 15 heteroatoms. The van der Waals surface area contributed by atoms with Crippen LogP contribution in [-0.4, -0.2) is 36.1 Å². The first kappa shape index (κ1) is 23.8. The Morgan fingerprint density at radius 2 is 1.84 bits per heavy atom. The van der Waals surface area contributed by atoms with Gasteiger partial charge in [-0.3, -0.25) is 28.8 Å². The molecule has 0 aliphatic carbocycles. The Balaban J connectivity index is 2.57. The molecule has 0 radical (unpaired) electrons. The first-order valence-electron chi connectivity index (χ1n) is 9.21. The van der Waals surface area contributed by atoms with Crippen LogP contribution in [0.25, 0.3) is 21.8 Å². The smallest absolute Gasteiger partial charge is 0.316 e. The summed E-state index contributed by atoms with van der Waals surface area (Å²) in [6.07, 6.45) is -0.680. The Bertz CT molecular complexity index is 1500. The van der Waals surface area contributed by atoms with Gasteiger partial charge in [-0.15, -0.1) is 0 Å². The third kappa shape index (κ3) is 4.23. The zero-order valence-corrected chi connectivity index (χ0v) is 18.6. The Labute approximate surface area is 180 Å². The number of nitrogens with one attached hydrogen (secondary N) is 1. The van der Waals surface area contributed by atoms with Gasteiger partial charge in [-0.1, -0.05) is 12.1 Å². The van der Waals surface area contributed by atoms with Gasteiger partial charge < -0.3 is 14.0 Å². The van der Waals surface area contributed by atoms with Crippen molar-refractivity contribution in [2.75, 3.05) is 13.2 Å². The van der Waals surface area contributed by atoms with Crippen LogP contribution in [0.15, 0.2) is 38.8 Å². The lowest BCUT2D eigenvalue weighted by Gasteiger charge is -2.20. The van der Waals surface area contributed by atoms with Gasteiger partial charge in [0.25, 0.3) is 5.69 Å². The lowest BCUT2D eigenvalue weighted by atomic mass is 10.1. The summed E-state index contributed by atoms with van der Waals surface area (Å²) in [6.45, 7) is 3.08. The molecule has 1 aromatic heterocycles. The van der Waals surface area contributed by atoms with Gasteiger partial charge in [-0.2, -0.15) is 0 Å². The van der Waals surface area contributed by atoms with Crippen LogP contribution in [0, 0.1) is 10.1 Å². The van der Waals surface area contributed by atoms with E-state index in [4.69, 9.17) is 14.2 Å². The number of nitrogens with zero attached hydrogens (tertiary/aromatic N) is 2. The summed E-state index contributed by atoms with van der Waals surface area (Å²) < 4.78 is 48.5. The maximum Gasteiger partial charge on any atom is 0.350 e. The molecule has 0 fully saturated rings. The highest BCUT2D eigenvalue weighted by Gasteiger charge is 2.30. The second-order valence-corrected chi connectivity index (χ2v) is 10.1. The molecule has 172 valence electrons. The lowest BCUT2D eigenvalue weighted by molar-refractivity contribution is -0.383. The standard InChI is InChI=1S/C17H19N4O9PS/c1-3-29-31(26,30-4-2)9-20-15-10-6-5-7-13(32(18,27)28)14(10)12(21(24)25)8-11(15)19-16(22)17(20)23/h5-8H,3-4,9H2,1-2H3,(H,19,22)(H2,18,27,28). The third-order valence-corrected chi connectivity index (χ3v) is 7.39. The number of aromatic nitrogens is 2. The molecule has 0 aliphatic heterocycles. The highest BCUT2D eigenvalue weighted by molar-refractivity contribution is 7.89. The van der Waals surface area contributed by atoms with Gasteiger partial charge in [0.2, 0.25) is 10.0 Å². The maximum atomic E-state index is 13.1. The summed E-state index contributed by atoms with van der Waals surface area (Å²) >= 11 is 0. The summed E-state index contributed by atoms with van der Waals surface area (Å²) in [5, 5.41) is 16.5. The minimum atomic E-state index is -4.41. The highest BCUT2D eigenvalue weighted by Crippen LogP contribution is 2.50. The quantitative estimate of drug-likeness (QED) is 0.156. The van der Waals surface area contributed by atoms with E-state index in [-0.39, 0.29) is 35.0 Å². The van der Waals surface area contributed by atoms with Crippen LogP contribution < -0.4 is 16.3 Å². The van der Waals surface area contributed by atoms with Gasteiger partial charge >= 0.3 is 18.7 Å². The largest absolute Gasteiger partial charge is 0.350 e. The summed E-state index contributed by atoms with van der Waals surface area (Å²) in [4.78, 5) is 37.5. The van der Waals surface area contributed by atoms with Crippen molar-refractivity contribution in [3.63, 3.8) is 0 Å². The van der Waals surface area contributed by atoms with Crippen molar-refractivity contribution < 1.29 is 27.0 Å². The average Bonchev–Trinajstić information content (AvgIpc) is 2.69. The van der Waals surface area contributed by atoms with E-state index in [0.29, 0.717) is 0 Å². The number of benzene rings is 2. The molecule has 3 N–H and O–H groups in total. The molecule has 0 saturated carbocycles. The number of nitro benzene ring substituents is 1. The van der Waals surface area contributed by atoms with Crippen LogP contribution in [0.2, 0.25) is 0 Å². The van der Waals surface area contributed by atoms with Gasteiger partial charge in [0, 0.05) is 11.5 Å². The van der Waals surface area contributed by atoms with Gasteiger partial charge in [-0.25, -0.2) is 13.6 Å². The number of nitrogens with two attached hydrogens (primary N) is 1. The number of hydrogen-bond donors (Lipinski definition) is 2. The van der Waals surface area contributed by atoms with E-state index in [9.17, 15) is 32.7 Å². The van der Waals surface area contributed by atoms with E-state index in [1.807, 2.05) is 0 Å². The van der Waals surface area contributed by atoms with Crippen molar-refractivity contribution in [3.8, 4) is 0 Å². The first-order valence-corrected chi connectivity index (χ1v) is 12.5. The second-order valence-electron chi connectivity index (χ2n) is 6.55. The third-order valence-electron chi connectivity index (χ3n) is 4.50. The van der Waals surface area contributed by atoms with Crippen LogP contribution in [-0.2, 0) is 29.9 Å². The minimum absolute atomic E-state index is 0.0189. The molecule has 32 heavy (non-hydrogen) atoms. The number of hydrogen-bond acceptors (Lipinski definition) is 9. The van der Waals surface area contributed by atoms with Crippen LogP contribution >= 0.6 is 7.60 Å². The van der Waals surface area contributed by atoms with Crippen molar-refractivity contribution in [2.24, 2.45) is 5.14 Å². The average molecular weight is 486 g/mol. The minimum Gasteiger partial charge on any atom is -0.316 e. The lowest BCUT2D eigenvalue weighted by Crippen LogP contribution is -2.36. The number of aromatic amines is 1. The first-order chi connectivity index (χ1) is 14.9. The molecule has 0 atom stereocenters. The molecule has 1 heterocycles. The van der Waals surface area contributed by atoms with E-state index in [1.54, 1.807) is 13.8 Å². The Kier molecular flexibility index (Phi) is 6.36. The molecule has 3 aromatic rings. The van der Waals surface area contributed by atoms with Crippen LogP contribution in [0.1, 0.15) is 13.8 Å². The summed E-state index contributed by atoms with van der Waals surface area (Å²) in [6, 6.07) is 4.58. The predicted octanol–water partition coefficient (Wildman–Crippen LogP) is 1.62. The topological polar surface area (TPSA) is 194 Å². The normalized spacial score (nSPS) is 12.5. The van der Waals surface area contributed by atoms with Gasteiger partial charge in [-0.05, 0) is 19.9 Å². The maximum absolute atomic E-state index is 13.1. The van der Waals surface area contributed by atoms with Crippen LogP contribution in [0.3, 0.4) is 0 Å². The van der Waals surface area contributed by atoms with E-state index in [1.165, 1.54) is 12.1 Å². The van der Waals surface area contributed by atoms with Crippen LogP contribution in [0.5, 0.6) is 0 Å². The number of sulfonamides is 1. The SMILES string of the molecule is CCOP(=O)(Cn1c(=O)c(=O)[nH]c2cc([N+](=O)[O-])c3c(S(N)(=O)=O)cccc3c21)OCC. The molecule has 2 aromatic carbocycles. The fourth-order valence-electron chi connectivity index (χ4n) is 3.40. The van der Waals surface area contributed by atoms with Crippen LogP contribution in [0.4, 0.5) is 5.69 Å². The van der Waals surface area contributed by atoms with Gasteiger partial charge in [0.15, 0.2) is 0 Å². The molecule has 13 nitrogen and oxygen atoms in total. The van der Waals surface area contributed by atoms with E-state index >= 15 is 0 Å². The number of H-pyrrole nitrogens is 1. The number of non-ortho nitro benzene ring substituents is 1. The van der Waals surface area contributed by atoms with Gasteiger partial charge in [0.1, 0.15) is 6.29 Å². The summed E-state index contributed by atoms with van der Waals surface area (Å²) in [7, 11) is -8.32. The fourth-order valence-corrected chi connectivity index (χ4v) is 5.81. The van der Waals surface area contributed by atoms with Crippen molar-refractivity contribution in [2.45, 2.75) is 25.0 Å². The molecular formula is C17H19N4O9PS. The van der Waals surface area contributed by atoms with Crippen molar-refractivity contribution in [3.05, 3.63) is 55.1 Å². The van der Waals surface area contributed by atoms with Crippen molar-refractivity contribution in [1.82, 2.24) is 9.55 Å². The zero-order chi connectivity index (χ0) is 23.8. The Hall–Kier alpha value is -2.90. The summed E-state index contributed by atoms with van der Waals surface area (Å²) in [5.41, 5.74) is -3.17. The molecule has 0 unspecified atom stereocenters. The van der Waals surface area contributed by atoms with E-state index in [2.05, 4.69) is 4.98 Å². The molecule has 0 amide bonds. The molecular weight excluding hydrogens is 467 g/mol. The fraction of sp³-hybridized carbons (Fsp3) is 0.294. The zero-order valence-electron chi connectivity index (χ0n) is 16.9. The van der Waals surface area contributed by atoms with E-state index in [0.717, 1.165) is 16.7 Å². The molecule has 3 rings (SSSR count). The molecule has 0 aliphatic rings. The second kappa shape index (κ2) is 8.56. The molecule has 0 spiro atoms. The van der Waals surface area contributed by atoms with Crippen molar-refractivity contribution in [1.29, 1.82) is 0 Å². The number of nitro groups is 1. The number of primary sulfonamides is 1. The molecule has 0 bridgehead atoms. The molecule has 0 saturated heterocycles. The monoisotopic (exact) mass is 486 g/mol. The summed E-state index contributed by atoms with van der Waals surface area (Å²) in [5.74, 6) is 0. The van der Waals surface area contributed by atoms with Gasteiger partial charge in [0.05, 0.1) is 39.5 Å². The number of rotatable bonds is 8. The number of fused-ring (bicyclic) bond motifs is 3. The predicted molar refractivity (Wildman–Crippen MR) is 115 cm³/mol. The Morgan fingerprint density at radius 3 is 2.38 bits per heavy atom.